The molecule has 8 aromatic rings. The van der Waals surface area contributed by atoms with Gasteiger partial charge in [-0.05, 0) is 127 Å². The molecule has 0 saturated carbocycles. The van der Waals surface area contributed by atoms with Crippen LogP contribution in [0.15, 0.2) is 221 Å². The number of terminal acetylenes is 1. The van der Waals surface area contributed by atoms with Crippen LogP contribution in [0.2, 0.25) is 0 Å². The Bertz CT molecular complexity index is 3700. The largest absolute Gasteiger partial charge is 0.456 e. The second-order valence-corrected chi connectivity index (χ2v) is 18.4. The topological polar surface area (TPSA) is 80.3 Å². The van der Waals surface area contributed by atoms with E-state index in [-0.39, 0.29) is 17.1 Å². The predicted molar refractivity (Wildman–Crippen MR) is 312 cm³/mol. The Morgan fingerprint density at radius 2 is 1.58 bits per heavy atom. The molecule has 1 unspecified atom stereocenters. The van der Waals surface area contributed by atoms with Gasteiger partial charge in [0.2, 0.25) is 0 Å². The van der Waals surface area contributed by atoms with E-state index in [0.717, 1.165) is 59.6 Å². The summed E-state index contributed by atoms with van der Waals surface area (Å²) in [5.74, 6) is 0.335. The van der Waals surface area contributed by atoms with Crippen LogP contribution in [0.5, 0.6) is 0 Å². The molecule has 0 radical (unpaired) electrons. The summed E-state index contributed by atoms with van der Waals surface area (Å²) in [4.78, 5) is 4.28. The highest BCUT2D eigenvalue weighted by atomic mass is 16.3. The monoisotopic (exact) mass is 950 g/mol. The lowest BCUT2D eigenvalue weighted by atomic mass is 9.67. The molecule has 360 valence electrons. The summed E-state index contributed by atoms with van der Waals surface area (Å²) in [6.07, 6.45) is 38.8. The number of rotatable bonds is 8. The van der Waals surface area contributed by atoms with Gasteiger partial charge in [-0.25, -0.2) is 4.99 Å². The smallest absolute Gasteiger partial charge is 0.154 e. The number of amidine groups is 2. The van der Waals surface area contributed by atoms with E-state index in [4.69, 9.17) is 15.6 Å². The van der Waals surface area contributed by atoms with Crippen molar-refractivity contribution in [2.45, 2.75) is 65.2 Å². The molecular formula is C68H62N4O. The van der Waals surface area contributed by atoms with Crippen LogP contribution < -0.4 is 5.73 Å². The average Bonchev–Trinajstić information content (AvgIpc) is 4.09. The maximum atomic E-state index is 8.42. The molecule has 1 atom stereocenters. The van der Waals surface area contributed by atoms with E-state index >= 15 is 0 Å². The molecule has 5 heteroatoms. The Balaban J connectivity index is 0.000000180. The maximum absolute atomic E-state index is 8.42. The van der Waals surface area contributed by atoms with Gasteiger partial charge in [-0.2, -0.15) is 0 Å². The number of benzene rings is 6. The standard InChI is InChI=1S/C39H37N.C27H23N3O.C2H2/c1-4-16-33-28(5-2)29-18-10-12-21-34(29)39(33)26-15-7-6-8-20-32-35(39)25-24-31-30-19-11-14-23-37(30)40(38(31)32)36-22-13-9-17-27(36)3;1-3-9-19(10-4-2)26(28)30-27(29)20-15-16-22-24(17-20)31-23-14-8-13-21(25(22)23)18-11-6-5-7-12-18;1-2/h4,6-13,15-19,21-22,24-25H,5,14,20,23,26H2,1-3H3;3-17H,1H2,2H3,(H3,28,29,30);1-2H/b8-6-,15-7-,16-4-;10-4-,19-9+;. The second kappa shape index (κ2) is 21.7. The number of aryl methyl sites for hydroxylation is 1. The summed E-state index contributed by atoms with van der Waals surface area (Å²) in [6.45, 7) is 12.3. The van der Waals surface area contributed by atoms with Crippen molar-refractivity contribution in [1.29, 1.82) is 5.41 Å². The number of allylic oxidation sites excluding steroid dienone is 12. The third-order valence-electron chi connectivity index (χ3n) is 14.4. The normalized spacial score (nSPS) is 17.1. The molecular weight excluding hydrogens is 889 g/mol. The third kappa shape index (κ3) is 8.91. The Kier molecular flexibility index (Phi) is 14.7. The zero-order valence-electron chi connectivity index (χ0n) is 42.3. The molecule has 11 rings (SSSR count). The Hall–Kier alpha value is -8.72. The molecule has 0 fully saturated rings. The van der Waals surface area contributed by atoms with E-state index in [1.807, 2.05) is 67.6 Å². The molecule has 0 saturated heterocycles. The third-order valence-corrected chi connectivity index (χ3v) is 14.4. The lowest BCUT2D eigenvalue weighted by Gasteiger charge is -2.35. The van der Waals surface area contributed by atoms with Crippen LogP contribution in [0.3, 0.4) is 0 Å². The number of nitrogens with two attached hydrogens (primary N) is 1. The predicted octanol–water partition coefficient (Wildman–Crippen LogP) is 16.9. The summed E-state index contributed by atoms with van der Waals surface area (Å²) >= 11 is 0. The summed E-state index contributed by atoms with van der Waals surface area (Å²) in [5, 5.41) is 11.9. The van der Waals surface area contributed by atoms with Gasteiger partial charge in [0.15, 0.2) is 5.84 Å². The van der Waals surface area contributed by atoms with Crippen molar-refractivity contribution in [1.82, 2.24) is 4.57 Å². The minimum atomic E-state index is -0.225. The SMILES string of the molecule is C#C.C/C=C\C1=C(CC)c2ccccc2C12C/C=C\C=C/Cc1c2ccc2c3c(n(-c4ccccc4C)c12)CCC=C3.C=C/C=C(\C=C/C)C(N)=NC(=N)c1ccc2c(c1)oc1cccc(-c3ccccc3)c12. The zero-order chi connectivity index (χ0) is 51.1. The minimum Gasteiger partial charge on any atom is -0.456 e. The number of nitrogens with one attached hydrogen (secondary N) is 1. The van der Waals surface area contributed by atoms with Gasteiger partial charge in [0, 0.05) is 49.7 Å². The first-order valence-electron chi connectivity index (χ1n) is 25.3. The molecule has 2 heterocycles. The molecule has 6 aromatic carbocycles. The molecule has 3 aliphatic carbocycles. The van der Waals surface area contributed by atoms with Gasteiger partial charge < -0.3 is 14.7 Å². The van der Waals surface area contributed by atoms with Gasteiger partial charge in [0.1, 0.15) is 17.0 Å². The first-order chi connectivity index (χ1) is 35.8. The Labute approximate surface area is 430 Å². The fraction of sp³-hybridized carbons (Fsp3) is 0.147. The molecule has 3 aliphatic rings. The number of aliphatic imine (C=N–C) groups is 1. The minimum absolute atomic E-state index is 0.0719. The van der Waals surface area contributed by atoms with E-state index in [1.54, 1.807) is 12.2 Å². The van der Waals surface area contributed by atoms with Crippen LogP contribution in [0.1, 0.15) is 84.7 Å². The molecule has 73 heavy (non-hydrogen) atoms. The van der Waals surface area contributed by atoms with Gasteiger partial charge in [-0.3, -0.25) is 5.41 Å². The van der Waals surface area contributed by atoms with Gasteiger partial charge in [0.05, 0.1) is 5.52 Å². The fourth-order valence-corrected chi connectivity index (χ4v) is 11.3. The Morgan fingerprint density at radius 1 is 0.822 bits per heavy atom. The molecule has 3 N–H and O–H groups in total. The van der Waals surface area contributed by atoms with Crippen molar-refractivity contribution >= 4 is 56.2 Å². The van der Waals surface area contributed by atoms with Gasteiger partial charge in [0.25, 0.3) is 0 Å². The lowest BCUT2D eigenvalue weighted by molar-refractivity contribution is 0.634. The van der Waals surface area contributed by atoms with E-state index in [2.05, 4.69) is 177 Å². The van der Waals surface area contributed by atoms with Crippen molar-refractivity contribution in [2.75, 3.05) is 0 Å². The van der Waals surface area contributed by atoms with Crippen molar-refractivity contribution in [2.24, 2.45) is 10.7 Å². The number of hydrogen-bond acceptors (Lipinski definition) is 2. The van der Waals surface area contributed by atoms with Crippen LogP contribution in [0.4, 0.5) is 0 Å². The second-order valence-electron chi connectivity index (χ2n) is 18.4. The molecule has 5 nitrogen and oxygen atoms in total. The fourth-order valence-electron chi connectivity index (χ4n) is 11.3. The Morgan fingerprint density at radius 3 is 2.36 bits per heavy atom. The number of aromatic nitrogens is 1. The zero-order valence-corrected chi connectivity index (χ0v) is 42.3. The summed E-state index contributed by atoms with van der Waals surface area (Å²) in [5.41, 5.74) is 26.6. The van der Waals surface area contributed by atoms with Crippen molar-refractivity contribution in [3.8, 4) is 29.7 Å². The number of para-hydroxylation sites is 1. The molecule has 0 amide bonds. The maximum Gasteiger partial charge on any atom is 0.154 e. The van der Waals surface area contributed by atoms with Crippen molar-refractivity contribution < 1.29 is 4.42 Å². The highest BCUT2D eigenvalue weighted by Crippen LogP contribution is 2.56. The molecule has 1 spiro atoms. The van der Waals surface area contributed by atoms with Crippen LogP contribution in [-0.2, 0) is 18.3 Å². The van der Waals surface area contributed by atoms with Crippen LogP contribution >= 0.6 is 0 Å². The van der Waals surface area contributed by atoms with Crippen LogP contribution in [0, 0.1) is 25.2 Å². The van der Waals surface area contributed by atoms with Gasteiger partial charge in [-0.15, -0.1) is 12.8 Å². The van der Waals surface area contributed by atoms with Crippen LogP contribution in [-0.4, -0.2) is 16.2 Å². The highest BCUT2D eigenvalue weighted by Gasteiger charge is 2.46. The van der Waals surface area contributed by atoms with Gasteiger partial charge >= 0.3 is 0 Å². The first-order valence-corrected chi connectivity index (χ1v) is 25.3. The average molecular weight is 951 g/mol. The number of hydrogen-bond donors (Lipinski definition) is 2. The van der Waals surface area contributed by atoms with Crippen molar-refractivity contribution in [3.05, 3.63) is 257 Å². The molecule has 2 aromatic heterocycles. The highest BCUT2D eigenvalue weighted by molar-refractivity contribution is 6.15. The summed E-state index contributed by atoms with van der Waals surface area (Å²) < 4.78 is 8.74. The number of furan rings is 1. The number of fused-ring (bicyclic) bond motifs is 11. The van der Waals surface area contributed by atoms with Crippen molar-refractivity contribution in [3.63, 3.8) is 0 Å². The van der Waals surface area contributed by atoms with Gasteiger partial charge in [-0.1, -0.05) is 190 Å². The van der Waals surface area contributed by atoms with E-state index < -0.39 is 0 Å². The summed E-state index contributed by atoms with van der Waals surface area (Å²) in [6, 6.07) is 45.0. The molecule has 0 aliphatic heterocycles. The first kappa shape index (κ1) is 49.3. The van der Waals surface area contributed by atoms with E-state index in [0.29, 0.717) is 16.7 Å². The van der Waals surface area contributed by atoms with Crippen LogP contribution in [0.25, 0.3) is 61.3 Å². The number of nitrogens with zero attached hydrogens (tertiary/aromatic N) is 2. The summed E-state index contributed by atoms with van der Waals surface area (Å²) in [7, 11) is 0. The molecule has 0 bridgehead atoms. The quantitative estimate of drug-likeness (QED) is 0.0689. The van der Waals surface area contributed by atoms with E-state index in [9.17, 15) is 0 Å². The lowest BCUT2D eigenvalue weighted by Crippen LogP contribution is -2.29. The van der Waals surface area contributed by atoms with E-state index in [1.165, 1.54) is 66.8 Å².